The average molecular weight is 396 g/mol. The molecule has 3 rings (SSSR count). The van der Waals surface area contributed by atoms with Crippen LogP contribution in [0.2, 0.25) is 0 Å². The van der Waals surface area contributed by atoms with Gasteiger partial charge in [-0.15, -0.1) is 0 Å². The number of ketones is 1. The number of hydrogen-bond acceptors (Lipinski definition) is 6. The fourth-order valence-electron chi connectivity index (χ4n) is 3.21. The first-order valence-corrected chi connectivity index (χ1v) is 9.24. The molecule has 0 bridgehead atoms. The summed E-state index contributed by atoms with van der Waals surface area (Å²) in [5, 5.41) is 10.5. The van der Waals surface area contributed by atoms with E-state index in [1.54, 1.807) is 36.4 Å². The number of carbonyl (C=O) groups is 2. The Balaban J connectivity index is 1.99. The normalized spacial score (nSPS) is 16.6. The number of aliphatic hydroxyl groups is 1. The van der Waals surface area contributed by atoms with Crippen LogP contribution in [0.1, 0.15) is 22.2 Å². The number of ether oxygens (including phenoxy) is 1. The number of carbonyl (C=O) groups excluding carboxylic acids is 2. The van der Waals surface area contributed by atoms with Crippen molar-refractivity contribution in [3.8, 4) is 5.75 Å². The molecule has 0 unspecified atom stereocenters. The van der Waals surface area contributed by atoms with Gasteiger partial charge in [0.05, 0.1) is 17.9 Å². The molecule has 0 fully saturated rings. The summed E-state index contributed by atoms with van der Waals surface area (Å²) in [5.74, 6) is -0.902. The Hall–Kier alpha value is -3.32. The van der Waals surface area contributed by atoms with E-state index in [2.05, 4.69) is 6.58 Å². The first-order valence-electron chi connectivity index (χ1n) is 9.24. The fraction of sp³-hybridized carbons (Fsp3) is 0.273. The summed E-state index contributed by atoms with van der Waals surface area (Å²) < 4.78 is 10.7. The van der Waals surface area contributed by atoms with E-state index in [0.717, 1.165) is 0 Å². The summed E-state index contributed by atoms with van der Waals surface area (Å²) in [7, 11) is 3.78. The van der Waals surface area contributed by atoms with Gasteiger partial charge in [0.1, 0.15) is 12.4 Å². The van der Waals surface area contributed by atoms with Crippen molar-refractivity contribution in [3.63, 3.8) is 0 Å². The number of amides is 1. The maximum Gasteiger partial charge on any atom is 0.290 e. The highest BCUT2D eigenvalue weighted by molar-refractivity contribution is 6.15. The van der Waals surface area contributed by atoms with Gasteiger partial charge in [0.15, 0.2) is 11.5 Å². The number of Topliss-reactive ketones (excluding diaryl/α,β-unsaturated/α-hetero) is 1. The van der Waals surface area contributed by atoms with Crippen molar-refractivity contribution in [2.24, 2.45) is 0 Å². The molecule has 7 heteroatoms. The summed E-state index contributed by atoms with van der Waals surface area (Å²) >= 11 is 0. The van der Waals surface area contributed by atoms with Crippen molar-refractivity contribution in [2.45, 2.75) is 6.04 Å². The van der Waals surface area contributed by atoms with Crippen molar-refractivity contribution < 1.29 is 23.8 Å². The first-order chi connectivity index (χ1) is 13.9. The molecule has 2 heterocycles. The molecule has 0 radical (unpaired) electrons. The van der Waals surface area contributed by atoms with E-state index in [9.17, 15) is 14.7 Å². The Morgan fingerprint density at radius 1 is 1.31 bits per heavy atom. The molecule has 1 N–H and O–H groups in total. The van der Waals surface area contributed by atoms with Crippen LogP contribution in [0.4, 0.5) is 0 Å². The van der Waals surface area contributed by atoms with Crippen LogP contribution >= 0.6 is 0 Å². The van der Waals surface area contributed by atoms with Gasteiger partial charge in [0.2, 0.25) is 5.78 Å². The Morgan fingerprint density at radius 2 is 2.03 bits per heavy atom. The quantitative estimate of drug-likeness (QED) is 0.518. The fourth-order valence-corrected chi connectivity index (χ4v) is 3.21. The number of furan rings is 1. The van der Waals surface area contributed by atoms with Gasteiger partial charge in [-0.1, -0.05) is 24.8 Å². The first kappa shape index (κ1) is 20.4. The highest BCUT2D eigenvalue weighted by Gasteiger charge is 2.44. The number of likely N-dealkylation sites (N-methyl/N-ethyl adjacent to an activating group) is 1. The summed E-state index contributed by atoms with van der Waals surface area (Å²) in [6.45, 7) is 4.93. The summed E-state index contributed by atoms with van der Waals surface area (Å²) in [6, 6.07) is 9.48. The number of aliphatic hydroxyl groups excluding tert-OH is 1. The van der Waals surface area contributed by atoms with E-state index in [-0.39, 0.29) is 11.3 Å². The number of hydrogen-bond donors (Lipinski definition) is 1. The predicted molar refractivity (Wildman–Crippen MR) is 108 cm³/mol. The van der Waals surface area contributed by atoms with E-state index in [4.69, 9.17) is 9.15 Å². The zero-order valence-corrected chi connectivity index (χ0v) is 16.5. The minimum Gasteiger partial charge on any atom is -0.503 e. The second-order valence-electron chi connectivity index (χ2n) is 6.94. The Kier molecular flexibility index (Phi) is 6.19. The number of nitrogens with zero attached hydrogens (tertiary/aromatic N) is 2. The highest BCUT2D eigenvalue weighted by atomic mass is 16.5. The standard InChI is InChI=1S/C22H24N2O5/c1-4-13-28-16-9-7-15(8-10-16)19-18(20(25)17-6-5-14-29-17)21(26)22(27)24(19)12-11-23(2)3/h4-10,14,19,26H,1,11-13H2,2-3H3/t19-/m0/s1. The minimum atomic E-state index is -0.714. The lowest BCUT2D eigenvalue weighted by molar-refractivity contribution is -0.129. The molecular weight excluding hydrogens is 372 g/mol. The molecule has 2 aromatic rings. The minimum absolute atomic E-state index is 0.0171. The Labute approximate surface area is 169 Å². The third-order valence-corrected chi connectivity index (χ3v) is 4.65. The number of rotatable bonds is 9. The zero-order chi connectivity index (χ0) is 21.0. The molecule has 7 nitrogen and oxygen atoms in total. The van der Waals surface area contributed by atoms with Gasteiger partial charge in [0, 0.05) is 13.1 Å². The lowest BCUT2D eigenvalue weighted by Gasteiger charge is -2.28. The molecule has 1 aromatic heterocycles. The molecule has 1 aromatic carbocycles. The molecule has 0 saturated carbocycles. The third kappa shape index (κ3) is 4.25. The lowest BCUT2D eigenvalue weighted by atomic mass is 9.95. The SMILES string of the molecule is C=CCOc1ccc([C@H]2C(C(=O)c3ccco3)=C(O)C(=O)N2CCN(C)C)cc1. The van der Waals surface area contributed by atoms with E-state index in [0.29, 0.717) is 31.0 Å². The summed E-state index contributed by atoms with van der Waals surface area (Å²) in [4.78, 5) is 29.2. The molecule has 1 aliphatic rings. The number of benzene rings is 1. The van der Waals surface area contributed by atoms with Crippen molar-refractivity contribution in [1.82, 2.24) is 9.80 Å². The van der Waals surface area contributed by atoms with Gasteiger partial charge in [-0.2, -0.15) is 0 Å². The summed E-state index contributed by atoms with van der Waals surface area (Å²) in [6.07, 6.45) is 3.03. The van der Waals surface area contributed by atoms with Gasteiger partial charge in [0.25, 0.3) is 5.91 Å². The van der Waals surface area contributed by atoms with Crippen LogP contribution in [0, 0.1) is 0 Å². The van der Waals surface area contributed by atoms with E-state index < -0.39 is 23.5 Å². The molecule has 0 saturated heterocycles. The van der Waals surface area contributed by atoms with Crippen LogP contribution in [0.5, 0.6) is 5.75 Å². The van der Waals surface area contributed by atoms with Gasteiger partial charge in [-0.25, -0.2) is 0 Å². The highest BCUT2D eigenvalue weighted by Crippen LogP contribution is 2.39. The lowest BCUT2D eigenvalue weighted by Crippen LogP contribution is -2.36. The van der Waals surface area contributed by atoms with Crippen LogP contribution in [0.3, 0.4) is 0 Å². The van der Waals surface area contributed by atoms with Crippen LogP contribution in [0.15, 0.2) is 71.1 Å². The van der Waals surface area contributed by atoms with E-state index >= 15 is 0 Å². The smallest absolute Gasteiger partial charge is 0.290 e. The predicted octanol–water partition coefficient (Wildman–Crippen LogP) is 2.98. The van der Waals surface area contributed by atoms with Crippen molar-refractivity contribution in [1.29, 1.82) is 0 Å². The molecule has 29 heavy (non-hydrogen) atoms. The average Bonchev–Trinajstić information content (AvgIpc) is 3.33. The van der Waals surface area contributed by atoms with Gasteiger partial charge in [-0.3, -0.25) is 9.59 Å². The largest absolute Gasteiger partial charge is 0.503 e. The molecule has 152 valence electrons. The molecular formula is C22H24N2O5. The molecule has 1 amide bonds. The van der Waals surface area contributed by atoms with Gasteiger partial charge in [-0.05, 0) is 43.9 Å². The van der Waals surface area contributed by atoms with Crippen molar-refractivity contribution in [3.05, 3.63) is 78.0 Å². The van der Waals surface area contributed by atoms with E-state index in [1.807, 2.05) is 19.0 Å². The third-order valence-electron chi connectivity index (χ3n) is 4.65. The second kappa shape index (κ2) is 8.79. The molecule has 1 aliphatic heterocycles. The van der Waals surface area contributed by atoms with Crippen LogP contribution in [0.25, 0.3) is 0 Å². The molecule has 1 atom stereocenters. The maximum absolute atomic E-state index is 13.0. The topological polar surface area (TPSA) is 83.2 Å². The Morgan fingerprint density at radius 3 is 2.62 bits per heavy atom. The van der Waals surface area contributed by atoms with E-state index in [1.165, 1.54) is 17.2 Å². The van der Waals surface area contributed by atoms with Crippen molar-refractivity contribution in [2.75, 3.05) is 33.8 Å². The second-order valence-corrected chi connectivity index (χ2v) is 6.94. The monoisotopic (exact) mass is 396 g/mol. The van der Waals surface area contributed by atoms with Crippen LogP contribution < -0.4 is 4.74 Å². The van der Waals surface area contributed by atoms with Crippen LogP contribution in [-0.2, 0) is 4.79 Å². The maximum atomic E-state index is 13.0. The van der Waals surface area contributed by atoms with Crippen molar-refractivity contribution >= 4 is 11.7 Å². The zero-order valence-electron chi connectivity index (χ0n) is 16.5. The Bertz CT molecular complexity index is 913. The van der Waals surface area contributed by atoms with Crippen LogP contribution in [-0.4, -0.2) is 60.4 Å². The van der Waals surface area contributed by atoms with Gasteiger partial charge < -0.3 is 24.1 Å². The molecule has 0 spiro atoms. The van der Waals surface area contributed by atoms with Gasteiger partial charge >= 0.3 is 0 Å². The molecule has 0 aliphatic carbocycles. The summed E-state index contributed by atoms with van der Waals surface area (Å²) in [5.41, 5.74) is 0.713.